The van der Waals surface area contributed by atoms with E-state index in [1.165, 1.54) is 0 Å². The molecule has 0 saturated heterocycles. The summed E-state index contributed by atoms with van der Waals surface area (Å²) in [4.78, 5) is 0. The molecule has 3 heteroatoms. The molecule has 0 bridgehead atoms. The van der Waals surface area contributed by atoms with E-state index in [-0.39, 0.29) is 5.75 Å². The van der Waals surface area contributed by atoms with Crippen LogP contribution in [0.25, 0.3) is 0 Å². The first-order chi connectivity index (χ1) is 9.13. The van der Waals surface area contributed by atoms with Crippen LogP contribution in [0.2, 0.25) is 0 Å². The highest BCUT2D eigenvalue weighted by atomic mass is 127. The van der Waals surface area contributed by atoms with Crippen LogP contribution in [0.3, 0.4) is 0 Å². The Balaban J connectivity index is 2.45. The summed E-state index contributed by atoms with van der Waals surface area (Å²) in [6.45, 7) is 4.08. The summed E-state index contributed by atoms with van der Waals surface area (Å²) in [6.07, 6.45) is 0. The zero-order chi connectivity index (χ0) is 13.8. The maximum Gasteiger partial charge on any atom is 0.155 e. The van der Waals surface area contributed by atoms with E-state index in [1.807, 2.05) is 73.1 Å². The maximum atomic E-state index is 10.0. The third-order valence-electron chi connectivity index (χ3n) is 2.94. The first-order valence-electron chi connectivity index (χ1n) is 5.90. The molecule has 0 amide bonds. The van der Waals surface area contributed by atoms with E-state index in [9.17, 15) is 5.11 Å². The van der Waals surface area contributed by atoms with Gasteiger partial charge in [0.25, 0.3) is 0 Å². The van der Waals surface area contributed by atoms with Crippen molar-refractivity contribution in [1.82, 2.24) is 0 Å². The van der Waals surface area contributed by atoms with E-state index in [4.69, 9.17) is 0 Å². The lowest BCUT2D eigenvalue weighted by atomic mass is 10.0. The van der Waals surface area contributed by atoms with Gasteiger partial charge in [0.1, 0.15) is 0 Å². The molecule has 2 rings (SSSR count). The van der Waals surface area contributed by atoms with Gasteiger partial charge in [-0.15, -0.1) is 0 Å². The highest BCUT2D eigenvalue weighted by molar-refractivity contribution is 14.1. The number of hydrogen-bond donors (Lipinski definition) is 2. The minimum atomic E-state index is 0.190. The van der Waals surface area contributed by atoms with Crippen LogP contribution in [0.15, 0.2) is 36.4 Å². The highest BCUT2D eigenvalue weighted by Crippen LogP contribution is 2.27. The molecule has 96 valence electrons. The number of hydrogen-bond acceptors (Lipinski definition) is 2. The van der Waals surface area contributed by atoms with Crippen molar-refractivity contribution in [3.05, 3.63) is 58.7 Å². The van der Waals surface area contributed by atoms with Gasteiger partial charge in [-0.2, -0.15) is 0 Å². The van der Waals surface area contributed by atoms with E-state index in [0.717, 1.165) is 16.7 Å². The molecule has 2 N–H and O–H groups in total. The van der Waals surface area contributed by atoms with Gasteiger partial charge in [0.15, 0.2) is 5.75 Å². The summed E-state index contributed by atoms with van der Waals surface area (Å²) < 4.78 is 2.91. The molecule has 0 unspecified atom stereocenters. The molecule has 0 fully saturated rings. The van der Waals surface area contributed by atoms with Crippen LogP contribution in [0.4, 0.5) is 5.69 Å². The van der Waals surface area contributed by atoms with Gasteiger partial charge in [-0.25, -0.2) is 0 Å². The number of nitrogens with one attached hydrogen (secondary N) is 1. The van der Waals surface area contributed by atoms with E-state index in [1.54, 1.807) is 0 Å². The van der Waals surface area contributed by atoms with Crippen molar-refractivity contribution in [3.63, 3.8) is 0 Å². The SMILES string of the molecule is Cc1cccc(C)c1C#Cc1cccc(NI)c1O. The molecule has 0 aliphatic carbocycles. The lowest BCUT2D eigenvalue weighted by Gasteiger charge is -2.04. The molecule has 2 nitrogen and oxygen atoms in total. The van der Waals surface area contributed by atoms with E-state index in [2.05, 4.69) is 15.4 Å². The molecule has 0 aromatic heterocycles. The Morgan fingerprint density at radius 2 is 1.63 bits per heavy atom. The monoisotopic (exact) mass is 363 g/mol. The fraction of sp³-hybridized carbons (Fsp3) is 0.125. The summed E-state index contributed by atoms with van der Waals surface area (Å²) in [6, 6.07) is 11.6. The van der Waals surface area contributed by atoms with Crippen molar-refractivity contribution in [2.24, 2.45) is 0 Å². The molecular weight excluding hydrogens is 349 g/mol. The van der Waals surface area contributed by atoms with E-state index >= 15 is 0 Å². The van der Waals surface area contributed by atoms with Gasteiger partial charge >= 0.3 is 0 Å². The van der Waals surface area contributed by atoms with Crippen molar-refractivity contribution >= 4 is 28.6 Å². The van der Waals surface area contributed by atoms with Crippen LogP contribution >= 0.6 is 22.9 Å². The zero-order valence-electron chi connectivity index (χ0n) is 10.8. The predicted molar refractivity (Wildman–Crippen MR) is 87.6 cm³/mol. The van der Waals surface area contributed by atoms with Gasteiger partial charge < -0.3 is 8.64 Å². The Labute approximate surface area is 127 Å². The smallest absolute Gasteiger partial charge is 0.155 e. The molecule has 0 aliphatic heterocycles. The third-order valence-corrected chi connectivity index (χ3v) is 3.52. The summed E-state index contributed by atoms with van der Waals surface area (Å²) in [7, 11) is 0. The van der Waals surface area contributed by atoms with Gasteiger partial charge in [-0.3, -0.25) is 0 Å². The van der Waals surface area contributed by atoms with E-state index < -0.39 is 0 Å². The highest BCUT2D eigenvalue weighted by Gasteiger charge is 2.03. The molecular formula is C16H14INO. The van der Waals surface area contributed by atoms with Crippen molar-refractivity contribution in [3.8, 4) is 17.6 Å². The topological polar surface area (TPSA) is 32.3 Å². The minimum absolute atomic E-state index is 0.190. The maximum absolute atomic E-state index is 10.0. The predicted octanol–water partition coefficient (Wildman–Crippen LogP) is 4.17. The minimum Gasteiger partial charge on any atom is -0.504 e. The number of para-hydroxylation sites is 1. The van der Waals surface area contributed by atoms with Crippen LogP contribution in [0.5, 0.6) is 5.75 Å². The number of rotatable bonds is 1. The van der Waals surface area contributed by atoms with Gasteiger partial charge in [0.05, 0.1) is 34.1 Å². The van der Waals surface area contributed by atoms with Crippen molar-refractivity contribution < 1.29 is 5.11 Å². The second-order valence-corrected chi connectivity index (χ2v) is 4.85. The lowest BCUT2D eigenvalue weighted by Crippen LogP contribution is -1.88. The molecule has 0 radical (unpaired) electrons. The van der Waals surface area contributed by atoms with Crippen molar-refractivity contribution in [2.45, 2.75) is 13.8 Å². The Hall–Kier alpha value is -1.67. The summed E-state index contributed by atoms with van der Waals surface area (Å²) >= 11 is 1.99. The molecule has 0 aliphatic rings. The number of phenolic OH excluding ortho intramolecular Hbond substituents is 1. The molecule has 0 atom stereocenters. The molecule has 0 spiro atoms. The zero-order valence-corrected chi connectivity index (χ0v) is 12.9. The first kappa shape index (κ1) is 13.8. The quantitative estimate of drug-likeness (QED) is 0.345. The van der Waals surface area contributed by atoms with Gasteiger partial charge in [-0.05, 0) is 37.1 Å². The number of benzene rings is 2. The second-order valence-electron chi connectivity index (χ2n) is 4.31. The second kappa shape index (κ2) is 5.98. The van der Waals surface area contributed by atoms with Crippen LogP contribution in [0, 0.1) is 25.7 Å². The fourth-order valence-electron chi connectivity index (χ4n) is 1.86. The Morgan fingerprint density at radius 3 is 2.26 bits per heavy atom. The summed E-state index contributed by atoms with van der Waals surface area (Å²) in [5, 5.41) is 10.0. The molecule has 2 aromatic carbocycles. The Bertz CT molecular complexity index is 648. The molecule has 0 saturated carbocycles. The number of anilines is 1. The fourth-order valence-corrected chi connectivity index (χ4v) is 2.30. The number of halogens is 1. The largest absolute Gasteiger partial charge is 0.504 e. The molecule has 19 heavy (non-hydrogen) atoms. The van der Waals surface area contributed by atoms with E-state index in [0.29, 0.717) is 11.3 Å². The lowest BCUT2D eigenvalue weighted by molar-refractivity contribution is 0.476. The number of phenols is 1. The van der Waals surface area contributed by atoms with Crippen LogP contribution in [-0.2, 0) is 0 Å². The third kappa shape index (κ3) is 3.02. The van der Waals surface area contributed by atoms with Crippen molar-refractivity contribution in [2.75, 3.05) is 3.53 Å². The van der Waals surface area contributed by atoms with Gasteiger partial charge in [-0.1, -0.05) is 36.1 Å². The Kier molecular flexibility index (Phi) is 4.33. The van der Waals surface area contributed by atoms with Crippen LogP contribution in [0.1, 0.15) is 22.3 Å². The number of aryl methyl sites for hydroxylation is 2. The van der Waals surface area contributed by atoms with Crippen LogP contribution < -0.4 is 3.53 Å². The van der Waals surface area contributed by atoms with Gasteiger partial charge in [0, 0.05) is 5.56 Å². The average molecular weight is 363 g/mol. The van der Waals surface area contributed by atoms with Crippen molar-refractivity contribution in [1.29, 1.82) is 0 Å². The number of aromatic hydroxyl groups is 1. The average Bonchev–Trinajstić information content (AvgIpc) is 2.40. The van der Waals surface area contributed by atoms with Gasteiger partial charge in [0.2, 0.25) is 0 Å². The molecule has 2 aromatic rings. The van der Waals surface area contributed by atoms with Crippen LogP contribution in [-0.4, -0.2) is 5.11 Å². The summed E-state index contributed by atoms with van der Waals surface area (Å²) in [5.41, 5.74) is 4.62. The molecule has 0 heterocycles. The first-order valence-corrected chi connectivity index (χ1v) is 6.98. The normalized spacial score (nSPS) is 9.63. The Morgan fingerprint density at radius 1 is 1.00 bits per heavy atom. The standard InChI is InChI=1S/C16H14INO/c1-11-5-3-6-12(2)14(11)10-9-13-7-4-8-15(18-17)16(13)19/h3-8,18-19H,1-2H3. The summed E-state index contributed by atoms with van der Waals surface area (Å²) in [5.74, 6) is 6.38.